The third kappa shape index (κ3) is 3.64. The minimum Gasteiger partial charge on any atom is -0.461 e. The molecule has 3 rings (SSSR count). The predicted molar refractivity (Wildman–Crippen MR) is 120 cm³/mol. The number of carbonyl (C=O) groups excluding carboxylic acids is 4. The smallest absolute Gasteiger partial charge is 0.324 e. The highest BCUT2D eigenvalue weighted by Gasteiger charge is 2.76. The number of methoxy groups -OCH3 is 1. The molecule has 3 heterocycles. The zero-order chi connectivity index (χ0) is 25.0. The van der Waals surface area contributed by atoms with Gasteiger partial charge in [-0.2, -0.15) is 0 Å². The van der Waals surface area contributed by atoms with E-state index in [1.807, 2.05) is 27.7 Å². The Labute approximate surface area is 196 Å². The summed E-state index contributed by atoms with van der Waals surface area (Å²) in [7, 11) is 1.58. The van der Waals surface area contributed by atoms with Crippen molar-refractivity contribution in [2.45, 2.75) is 85.0 Å². The van der Waals surface area contributed by atoms with Crippen LogP contribution in [0.25, 0.3) is 0 Å². The van der Waals surface area contributed by atoms with Gasteiger partial charge in [-0.25, -0.2) is 0 Å². The minimum absolute atomic E-state index is 0.0166. The van der Waals surface area contributed by atoms with E-state index in [2.05, 4.69) is 5.32 Å². The molecule has 8 unspecified atom stereocenters. The van der Waals surface area contributed by atoms with Gasteiger partial charge < -0.3 is 19.5 Å². The molecular weight excluding hydrogens is 426 g/mol. The van der Waals surface area contributed by atoms with Crippen LogP contribution in [0.3, 0.4) is 0 Å². The Morgan fingerprint density at radius 2 is 1.61 bits per heavy atom. The van der Waals surface area contributed by atoms with Crippen LogP contribution in [0, 0.1) is 28.6 Å². The van der Waals surface area contributed by atoms with Crippen LogP contribution in [0.2, 0.25) is 0 Å². The molecule has 0 spiro atoms. The molecule has 3 saturated heterocycles. The molecular formula is C25H39NO7. The normalized spacial score (nSPS) is 47.0. The Morgan fingerprint density at radius 3 is 2.18 bits per heavy atom. The van der Waals surface area contributed by atoms with Gasteiger partial charge in [0.25, 0.3) is 0 Å². The van der Waals surface area contributed by atoms with E-state index in [4.69, 9.17) is 14.2 Å². The average molecular weight is 466 g/mol. The van der Waals surface area contributed by atoms with Crippen LogP contribution < -0.4 is 5.32 Å². The summed E-state index contributed by atoms with van der Waals surface area (Å²) in [4.78, 5) is 52.9. The lowest BCUT2D eigenvalue weighted by atomic mass is 9.52. The number of Topliss-reactive ketones (excluding diaryl/α,β-unsaturated/α-hetero) is 2. The molecule has 186 valence electrons. The van der Waals surface area contributed by atoms with E-state index in [0.29, 0.717) is 25.8 Å². The molecule has 8 heteroatoms. The Bertz CT molecular complexity index is 858. The van der Waals surface area contributed by atoms with Crippen molar-refractivity contribution in [3.8, 4) is 0 Å². The van der Waals surface area contributed by atoms with Crippen molar-refractivity contribution in [3.05, 3.63) is 0 Å². The summed E-state index contributed by atoms with van der Waals surface area (Å²) in [5.41, 5.74) is -3.78. The molecule has 0 bridgehead atoms. The summed E-state index contributed by atoms with van der Waals surface area (Å²) in [5.74, 6) is -3.10. The fraction of sp³-hybridized carbons (Fsp3) is 0.840. The third-order valence-corrected chi connectivity index (χ3v) is 8.92. The number of cyclic esters (lactones) is 1. The van der Waals surface area contributed by atoms with Gasteiger partial charge in [0.15, 0.2) is 5.60 Å². The second kappa shape index (κ2) is 8.45. The second-order valence-electron chi connectivity index (χ2n) is 11.1. The van der Waals surface area contributed by atoms with E-state index in [0.717, 1.165) is 0 Å². The maximum Gasteiger partial charge on any atom is 0.324 e. The highest BCUT2D eigenvalue weighted by atomic mass is 16.6. The van der Waals surface area contributed by atoms with Crippen molar-refractivity contribution in [2.24, 2.45) is 28.6 Å². The van der Waals surface area contributed by atoms with Gasteiger partial charge in [0, 0.05) is 25.5 Å². The summed E-state index contributed by atoms with van der Waals surface area (Å²) >= 11 is 0. The third-order valence-electron chi connectivity index (χ3n) is 8.92. The van der Waals surface area contributed by atoms with Crippen molar-refractivity contribution in [2.75, 3.05) is 20.3 Å². The van der Waals surface area contributed by atoms with E-state index in [1.165, 1.54) is 0 Å². The molecule has 3 aliphatic rings. The van der Waals surface area contributed by atoms with Crippen molar-refractivity contribution >= 4 is 23.5 Å². The van der Waals surface area contributed by atoms with Crippen LogP contribution in [-0.2, 0) is 33.4 Å². The standard InChI is InChI=1S/C25H39NO7/c1-9-25-18-21(30)33-24(25,7)13-32-20(29)16(4)17(27)14(2)10-22(5,31-8)11-15(3)19(28)23(25,6)12-26-18/h14-16,18,26H,9-13H2,1-8H3. The van der Waals surface area contributed by atoms with E-state index in [-0.39, 0.29) is 24.1 Å². The summed E-state index contributed by atoms with van der Waals surface area (Å²) in [6.45, 7) is 12.8. The molecule has 8 atom stereocenters. The first kappa shape index (κ1) is 25.8. The van der Waals surface area contributed by atoms with Gasteiger partial charge in [0.1, 0.15) is 30.1 Å². The van der Waals surface area contributed by atoms with E-state index < -0.39 is 51.8 Å². The molecule has 0 aliphatic carbocycles. The first-order chi connectivity index (χ1) is 15.2. The number of hydrogen-bond acceptors (Lipinski definition) is 8. The van der Waals surface area contributed by atoms with Gasteiger partial charge >= 0.3 is 11.9 Å². The van der Waals surface area contributed by atoms with Crippen molar-refractivity contribution in [3.63, 3.8) is 0 Å². The molecule has 0 aromatic heterocycles. The number of hydrogen-bond donors (Lipinski definition) is 1. The van der Waals surface area contributed by atoms with Gasteiger partial charge in [-0.15, -0.1) is 0 Å². The largest absolute Gasteiger partial charge is 0.461 e. The van der Waals surface area contributed by atoms with Crippen molar-refractivity contribution in [1.82, 2.24) is 5.32 Å². The monoisotopic (exact) mass is 465 g/mol. The van der Waals surface area contributed by atoms with Crippen LogP contribution in [0.1, 0.15) is 67.7 Å². The fourth-order valence-electron chi connectivity index (χ4n) is 7.09. The van der Waals surface area contributed by atoms with Gasteiger partial charge in [-0.05, 0) is 40.0 Å². The Balaban J connectivity index is 2.14. The van der Waals surface area contributed by atoms with E-state index in [1.54, 1.807) is 27.9 Å². The SMILES string of the molecule is CCC12C3NCC1(C)C(=O)C(C)CC(C)(OC)CC(C)C(=O)C(C)C(=O)OCC2(C)OC3=O. The maximum absolute atomic E-state index is 14.1. The number of ketones is 2. The molecule has 0 saturated carbocycles. The first-order valence-electron chi connectivity index (χ1n) is 12.0. The summed E-state index contributed by atoms with van der Waals surface area (Å²) in [5, 5.41) is 3.25. The molecule has 1 N–H and O–H groups in total. The lowest BCUT2D eigenvalue weighted by Gasteiger charge is -2.49. The summed E-state index contributed by atoms with van der Waals surface area (Å²) in [6.07, 6.45) is 1.28. The van der Waals surface area contributed by atoms with Gasteiger partial charge in [0.05, 0.1) is 16.4 Å². The highest BCUT2D eigenvalue weighted by Crippen LogP contribution is 2.62. The van der Waals surface area contributed by atoms with Gasteiger partial charge in [-0.1, -0.05) is 27.7 Å². The molecule has 3 fully saturated rings. The zero-order valence-electron chi connectivity index (χ0n) is 21.2. The Kier molecular flexibility index (Phi) is 6.61. The maximum atomic E-state index is 14.1. The molecule has 3 aliphatic heterocycles. The average Bonchev–Trinajstić information content (AvgIpc) is 3.20. The number of nitrogens with one attached hydrogen (secondary N) is 1. The lowest BCUT2D eigenvalue weighted by Crippen LogP contribution is -2.60. The number of ether oxygens (including phenoxy) is 3. The fourth-order valence-corrected chi connectivity index (χ4v) is 7.09. The Morgan fingerprint density at radius 1 is 1.00 bits per heavy atom. The number of carbonyl (C=O) groups is 4. The summed E-state index contributed by atoms with van der Waals surface area (Å²) in [6, 6.07) is -0.673. The first-order valence-corrected chi connectivity index (χ1v) is 12.0. The van der Waals surface area contributed by atoms with Crippen LogP contribution in [0.15, 0.2) is 0 Å². The van der Waals surface area contributed by atoms with Crippen LogP contribution >= 0.6 is 0 Å². The van der Waals surface area contributed by atoms with Crippen LogP contribution in [0.5, 0.6) is 0 Å². The van der Waals surface area contributed by atoms with Gasteiger partial charge in [-0.3, -0.25) is 19.2 Å². The van der Waals surface area contributed by atoms with Crippen molar-refractivity contribution in [1.29, 1.82) is 0 Å². The van der Waals surface area contributed by atoms with E-state index >= 15 is 0 Å². The molecule has 8 nitrogen and oxygen atoms in total. The van der Waals surface area contributed by atoms with Crippen molar-refractivity contribution < 1.29 is 33.4 Å². The highest BCUT2D eigenvalue weighted by molar-refractivity contribution is 5.99. The van der Waals surface area contributed by atoms with E-state index in [9.17, 15) is 19.2 Å². The predicted octanol–water partition coefficient (Wildman–Crippen LogP) is 2.47. The number of rotatable bonds is 2. The lowest BCUT2D eigenvalue weighted by molar-refractivity contribution is -0.181. The number of esters is 2. The molecule has 0 amide bonds. The minimum atomic E-state index is -1.21. The molecule has 0 radical (unpaired) electrons. The Hall–Kier alpha value is -1.80. The van der Waals surface area contributed by atoms with Crippen LogP contribution in [-0.4, -0.2) is 61.0 Å². The quantitative estimate of drug-likeness (QED) is 0.489. The van der Waals surface area contributed by atoms with Crippen LogP contribution in [0.4, 0.5) is 0 Å². The zero-order valence-corrected chi connectivity index (χ0v) is 21.2. The molecule has 0 aromatic carbocycles. The second-order valence-corrected chi connectivity index (χ2v) is 11.1. The topological polar surface area (TPSA) is 108 Å². The summed E-state index contributed by atoms with van der Waals surface area (Å²) < 4.78 is 17.3. The van der Waals surface area contributed by atoms with Gasteiger partial charge in [0.2, 0.25) is 0 Å². The molecule has 0 aromatic rings. The molecule has 33 heavy (non-hydrogen) atoms.